The summed E-state index contributed by atoms with van der Waals surface area (Å²) < 4.78 is 1.61. The van der Waals surface area contributed by atoms with Crippen molar-refractivity contribution in [2.45, 2.75) is 38.6 Å². The average molecular weight is 556 g/mol. The largest absolute Gasteiger partial charge is 0.397 e. The molecular formula is C27H35N5O4P2. The van der Waals surface area contributed by atoms with E-state index in [1.165, 1.54) is 0 Å². The monoisotopic (exact) mass is 555 g/mol. The zero-order valence-corrected chi connectivity index (χ0v) is 23.7. The van der Waals surface area contributed by atoms with Crippen LogP contribution in [0.1, 0.15) is 48.8 Å². The highest BCUT2D eigenvalue weighted by Crippen LogP contribution is 2.33. The Morgan fingerprint density at radius 1 is 0.947 bits per heavy atom. The van der Waals surface area contributed by atoms with Crippen LogP contribution in [0, 0.1) is 0 Å². The van der Waals surface area contributed by atoms with Gasteiger partial charge < -0.3 is 26.4 Å². The summed E-state index contributed by atoms with van der Waals surface area (Å²) in [7, 11) is 3.99. The van der Waals surface area contributed by atoms with Gasteiger partial charge in [0.15, 0.2) is 0 Å². The van der Waals surface area contributed by atoms with Crippen LogP contribution in [0.4, 0.5) is 5.69 Å². The molecule has 3 rings (SSSR count). The fraction of sp³-hybridized carbons (Fsp3) is 0.333. The first-order chi connectivity index (χ1) is 18.2. The van der Waals surface area contributed by atoms with E-state index in [4.69, 9.17) is 11.5 Å². The van der Waals surface area contributed by atoms with E-state index in [2.05, 4.69) is 14.6 Å². The predicted molar refractivity (Wildman–Crippen MR) is 156 cm³/mol. The molecule has 2 atom stereocenters. The SMILES string of the molecule is CN(PCCC(=O)NCCC(=O)N1Cc2ccccc2/C(N)=C(/N)c2ccccc21)C(=O)CCCC(=O)P. The van der Waals surface area contributed by atoms with Gasteiger partial charge in [0.2, 0.25) is 17.7 Å². The zero-order chi connectivity index (χ0) is 27.7. The number of anilines is 1. The molecular weight excluding hydrogens is 520 g/mol. The molecule has 0 saturated carbocycles. The Balaban J connectivity index is 1.53. The van der Waals surface area contributed by atoms with Crippen LogP contribution in [0.3, 0.4) is 0 Å². The summed E-state index contributed by atoms with van der Waals surface area (Å²) in [5.41, 5.74) is 16.8. The molecule has 202 valence electrons. The third kappa shape index (κ3) is 7.86. The van der Waals surface area contributed by atoms with Crippen molar-refractivity contribution in [2.75, 3.05) is 24.7 Å². The molecule has 2 aromatic rings. The van der Waals surface area contributed by atoms with Crippen LogP contribution in [0.5, 0.6) is 0 Å². The van der Waals surface area contributed by atoms with Crippen molar-refractivity contribution in [1.29, 1.82) is 0 Å². The summed E-state index contributed by atoms with van der Waals surface area (Å²) in [6.07, 6.45) is 2.12. The molecule has 0 bridgehead atoms. The smallest absolute Gasteiger partial charge is 0.229 e. The van der Waals surface area contributed by atoms with Crippen LogP contribution in [0.25, 0.3) is 11.4 Å². The molecule has 0 aliphatic carbocycles. The fourth-order valence-corrected chi connectivity index (χ4v) is 5.33. The number of para-hydroxylation sites is 1. The van der Waals surface area contributed by atoms with Gasteiger partial charge >= 0.3 is 0 Å². The van der Waals surface area contributed by atoms with Crippen LogP contribution in [0.2, 0.25) is 0 Å². The molecule has 3 amide bonds. The maximum absolute atomic E-state index is 13.3. The molecule has 1 aliphatic heterocycles. The van der Waals surface area contributed by atoms with E-state index in [1.807, 2.05) is 48.5 Å². The molecule has 5 N–H and O–H groups in total. The van der Waals surface area contributed by atoms with Crippen molar-refractivity contribution < 1.29 is 19.2 Å². The summed E-state index contributed by atoms with van der Waals surface area (Å²) >= 11 is 0. The number of hydrogen-bond acceptors (Lipinski definition) is 6. The summed E-state index contributed by atoms with van der Waals surface area (Å²) in [6, 6.07) is 15.0. The Labute approximate surface area is 227 Å². The van der Waals surface area contributed by atoms with E-state index in [-0.39, 0.29) is 51.4 Å². The van der Waals surface area contributed by atoms with Gasteiger partial charge in [-0.2, -0.15) is 0 Å². The predicted octanol–water partition coefficient (Wildman–Crippen LogP) is 2.80. The first-order valence-electron chi connectivity index (χ1n) is 12.5. The van der Waals surface area contributed by atoms with Gasteiger partial charge in [-0.1, -0.05) is 51.7 Å². The fourth-order valence-electron chi connectivity index (χ4n) is 4.16. The highest BCUT2D eigenvalue weighted by Gasteiger charge is 2.25. The molecule has 0 saturated heterocycles. The van der Waals surface area contributed by atoms with E-state index >= 15 is 0 Å². The molecule has 0 fully saturated rings. The molecule has 1 heterocycles. The quantitative estimate of drug-likeness (QED) is 0.365. The number of nitrogens with zero attached hydrogens (tertiary/aromatic N) is 2. The van der Waals surface area contributed by atoms with Gasteiger partial charge in [-0.15, -0.1) is 0 Å². The Morgan fingerprint density at radius 3 is 2.34 bits per heavy atom. The minimum Gasteiger partial charge on any atom is -0.397 e. The van der Waals surface area contributed by atoms with Crippen LogP contribution in [-0.2, 0) is 25.7 Å². The second kappa shape index (κ2) is 14.0. The molecule has 9 nitrogen and oxygen atoms in total. The number of rotatable bonds is 11. The van der Waals surface area contributed by atoms with E-state index < -0.39 is 0 Å². The molecule has 2 aromatic carbocycles. The van der Waals surface area contributed by atoms with Crippen molar-refractivity contribution in [3.05, 3.63) is 65.2 Å². The topological polar surface area (TPSA) is 139 Å². The van der Waals surface area contributed by atoms with Crippen LogP contribution >= 0.6 is 18.0 Å². The molecule has 38 heavy (non-hydrogen) atoms. The molecule has 11 heteroatoms. The van der Waals surface area contributed by atoms with Crippen molar-refractivity contribution in [2.24, 2.45) is 11.5 Å². The summed E-state index contributed by atoms with van der Waals surface area (Å²) in [5.74, 6) is -0.344. The molecule has 0 radical (unpaired) electrons. The van der Waals surface area contributed by atoms with E-state index in [0.717, 1.165) is 11.1 Å². The van der Waals surface area contributed by atoms with E-state index in [1.54, 1.807) is 16.6 Å². The summed E-state index contributed by atoms with van der Waals surface area (Å²) in [4.78, 5) is 50.4. The van der Waals surface area contributed by atoms with Crippen LogP contribution in [0.15, 0.2) is 48.5 Å². The molecule has 2 unspecified atom stereocenters. The number of fused-ring (bicyclic) bond motifs is 2. The second-order valence-electron chi connectivity index (χ2n) is 9.01. The van der Waals surface area contributed by atoms with Gasteiger partial charge in [0.1, 0.15) is 5.52 Å². The van der Waals surface area contributed by atoms with Gasteiger partial charge in [-0.05, 0) is 32.9 Å². The Kier molecular flexibility index (Phi) is 10.8. The summed E-state index contributed by atoms with van der Waals surface area (Å²) in [5, 5.41) is 2.81. The van der Waals surface area contributed by atoms with Crippen molar-refractivity contribution in [3.8, 4) is 0 Å². The van der Waals surface area contributed by atoms with Gasteiger partial charge in [-0.3, -0.25) is 19.2 Å². The van der Waals surface area contributed by atoms with Crippen molar-refractivity contribution in [3.63, 3.8) is 0 Å². The first-order valence-corrected chi connectivity index (χ1v) is 14.2. The lowest BCUT2D eigenvalue weighted by Crippen LogP contribution is -2.36. The Bertz CT molecular complexity index is 1230. The molecule has 0 aromatic heterocycles. The molecule has 0 spiro atoms. The van der Waals surface area contributed by atoms with Crippen molar-refractivity contribution >= 4 is 58.3 Å². The Morgan fingerprint density at radius 2 is 1.61 bits per heavy atom. The minimum atomic E-state index is -0.168. The lowest BCUT2D eigenvalue weighted by Gasteiger charge is -2.29. The third-order valence-electron chi connectivity index (χ3n) is 6.26. The first kappa shape index (κ1) is 29.3. The maximum Gasteiger partial charge on any atom is 0.229 e. The van der Waals surface area contributed by atoms with Gasteiger partial charge in [0, 0.05) is 50.4 Å². The summed E-state index contributed by atoms with van der Waals surface area (Å²) in [6.45, 7) is 0.535. The third-order valence-corrected chi connectivity index (χ3v) is 7.75. The second-order valence-corrected chi connectivity index (χ2v) is 11.1. The number of hydrogen-bond donors (Lipinski definition) is 3. The maximum atomic E-state index is 13.3. The highest BCUT2D eigenvalue weighted by atomic mass is 31.1. The van der Waals surface area contributed by atoms with E-state index in [9.17, 15) is 19.2 Å². The zero-order valence-electron chi connectivity index (χ0n) is 21.5. The highest BCUT2D eigenvalue weighted by molar-refractivity contribution is 7.40. The number of nitrogens with one attached hydrogen (secondary N) is 1. The van der Waals surface area contributed by atoms with Gasteiger partial charge in [0.05, 0.1) is 23.6 Å². The van der Waals surface area contributed by atoms with Gasteiger partial charge in [-0.25, -0.2) is 0 Å². The van der Waals surface area contributed by atoms with Crippen molar-refractivity contribution in [1.82, 2.24) is 9.99 Å². The number of amides is 3. The van der Waals surface area contributed by atoms with E-state index in [0.29, 0.717) is 54.6 Å². The number of carbonyl (C=O) groups excluding carboxylic acids is 4. The van der Waals surface area contributed by atoms with Crippen LogP contribution in [-0.4, -0.2) is 47.7 Å². The standard InChI is InChI=1S/C27H35N5O4P2/c1-31(23(34)11-6-12-25(36)37)38-16-14-22(33)30-15-13-24(35)32-17-18-7-2-3-8-19(18)26(28)27(29)20-9-4-5-10-21(20)32/h2-5,7-10,38H,6,11-17,28-29,37H2,1H3,(H,30,33)/b27-26-. The Hall–Kier alpha value is -3.28. The number of nitrogens with two attached hydrogens (primary N) is 2. The lowest BCUT2D eigenvalue weighted by molar-refractivity contribution is -0.126. The minimum absolute atomic E-state index is 0.0101. The number of benzene rings is 2. The average Bonchev–Trinajstić information content (AvgIpc) is 2.90. The normalized spacial score (nSPS) is 14.8. The van der Waals surface area contributed by atoms with Gasteiger partial charge in [0.25, 0.3) is 0 Å². The van der Waals surface area contributed by atoms with Crippen LogP contribution < -0.4 is 21.7 Å². The number of carbonyl (C=O) groups is 4. The molecule has 1 aliphatic rings. The lowest BCUT2D eigenvalue weighted by atomic mass is 9.96.